The number of rotatable bonds is 3. The number of benzene rings is 1. The number of hydrogen-bond donors (Lipinski definition) is 0. The van der Waals surface area contributed by atoms with E-state index in [0.717, 1.165) is 40.0 Å². The molecule has 0 N–H and O–H groups in total. The first-order valence-corrected chi connectivity index (χ1v) is 10.2. The molecule has 3 nitrogen and oxygen atoms in total. The fraction of sp³-hybridized carbons (Fsp3) is 0.333. The second-order valence-electron chi connectivity index (χ2n) is 5.95. The van der Waals surface area contributed by atoms with Crippen LogP contribution in [0.25, 0.3) is 21.3 Å². The summed E-state index contributed by atoms with van der Waals surface area (Å²) in [4.78, 5) is 13.8. The zero-order chi connectivity index (χ0) is 16.7. The molecule has 0 radical (unpaired) electrons. The molecule has 1 aliphatic heterocycles. The first-order valence-electron chi connectivity index (χ1n) is 8.17. The maximum absolute atomic E-state index is 6.23. The molecule has 1 fully saturated rings. The summed E-state index contributed by atoms with van der Waals surface area (Å²) in [7, 11) is 0. The van der Waals surface area contributed by atoms with Gasteiger partial charge in [-0.1, -0.05) is 35.0 Å². The highest BCUT2D eigenvalue weighted by molar-refractivity contribution is 9.10. The van der Waals surface area contributed by atoms with Gasteiger partial charge in [0.15, 0.2) is 0 Å². The predicted molar refractivity (Wildman–Crippen MR) is 106 cm³/mol. The van der Waals surface area contributed by atoms with Crippen molar-refractivity contribution in [3.05, 3.63) is 38.9 Å². The lowest BCUT2D eigenvalue weighted by atomic mass is 10.0. The van der Waals surface area contributed by atoms with Crippen LogP contribution in [0.3, 0.4) is 0 Å². The molecule has 1 aliphatic rings. The van der Waals surface area contributed by atoms with Crippen molar-refractivity contribution in [2.45, 2.75) is 26.2 Å². The Morgan fingerprint density at radius 1 is 1.17 bits per heavy atom. The molecule has 0 saturated carbocycles. The number of thiophene rings is 1. The molecule has 0 atom stereocenters. The van der Waals surface area contributed by atoms with Crippen molar-refractivity contribution in [1.82, 2.24) is 9.97 Å². The lowest BCUT2D eigenvalue weighted by Gasteiger charge is -2.18. The van der Waals surface area contributed by atoms with Crippen LogP contribution >= 0.6 is 38.9 Å². The third kappa shape index (κ3) is 2.83. The van der Waals surface area contributed by atoms with Gasteiger partial charge in [-0.3, -0.25) is 0 Å². The number of fused-ring (bicyclic) bond motifs is 1. The van der Waals surface area contributed by atoms with Crippen molar-refractivity contribution in [2.24, 2.45) is 0 Å². The van der Waals surface area contributed by atoms with E-state index in [1.54, 1.807) is 11.3 Å². The Morgan fingerprint density at radius 3 is 2.54 bits per heavy atom. The molecular weight excluding hydrogens is 406 g/mol. The Kier molecular flexibility index (Phi) is 4.50. The Bertz CT molecular complexity index is 885. The Balaban J connectivity index is 2.01. The predicted octanol–water partition coefficient (Wildman–Crippen LogP) is 5.94. The molecule has 4 rings (SSSR count). The minimum Gasteiger partial charge on any atom is -0.356 e. The molecule has 0 aliphatic carbocycles. The highest BCUT2D eigenvalue weighted by atomic mass is 79.9. The minimum atomic E-state index is 0.343. The van der Waals surface area contributed by atoms with E-state index < -0.39 is 0 Å². The number of anilines is 1. The average molecular weight is 423 g/mol. The number of nitrogens with zero attached hydrogens (tertiary/aromatic N) is 3. The maximum atomic E-state index is 6.23. The van der Waals surface area contributed by atoms with Crippen molar-refractivity contribution in [1.29, 1.82) is 0 Å². The van der Waals surface area contributed by atoms with Gasteiger partial charge in [0, 0.05) is 28.0 Å². The third-order valence-corrected chi connectivity index (χ3v) is 6.36. The smallest absolute Gasteiger partial charge is 0.225 e. The second kappa shape index (κ2) is 6.62. The van der Waals surface area contributed by atoms with Crippen LogP contribution in [0.5, 0.6) is 0 Å². The standard InChI is InChI=1S/C18H17BrClN3S/c1-2-13-14(11-5-7-12(19)8-6-11)15-16(23-9-3-4-10-23)21-18(20)22-17(15)24-13/h5-8H,2-4,9-10H2,1H3. The van der Waals surface area contributed by atoms with Crippen LogP contribution in [-0.4, -0.2) is 23.1 Å². The lowest BCUT2D eigenvalue weighted by molar-refractivity contribution is 0.940. The summed E-state index contributed by atoms with van der Waals surface area (Å²) in [6.07, 6.45) is 3.40. The Hall–Kier alpha value is -1.17. The number of aromatic nitrogens is 2. The average Bonchev–Trinajstić information content (AvgIpc) is 3.22. The molecule has 3 heterocycles. The highest BCUT2D eigenvalue weighted by Crippen LogP contribution is 2.43. The number of halogens is 2. The summed E-state index contributed by atoms with van der Waals surface area (Å²) < 4.78 is 1.09. The summed E-state index contributed by atoms with van der Waals surface area (Å²) in [6, 6.07) is 8.50. The molecule has 2 aromatic heterocycles. The summed E-state index contributed by atoms with van der Waals surface area (Å²) in [6.45, 7) is 4.27. The maximum Gasteiger partial charge on any atom is 0.225 e. The van der Waals surface area contributed by atoms with E-state index in [4.69, 9.17) is 11.6 Å². The molecular formula is C18H17BrClN3S. The molecule has 24 heavy (non-hydrogen) atoms. The SMILES string of the molecule is CCc1sc2nc(Cl)nc(N3CCCC3)c2c1-c1ccc(Br)cc1. The van der Waals surface area contributed by atoms with E-state index in [1.165, 1.54) is 28.8 Å². The number of hydrogen-bond acceptors (Lipinski definition) is 4. The minimum absolute atomic E-state index is 0.343. The molecule has 0 amide bonds. The van der Waals surface area contributed by atoms with Gasteiger partial charge in [-0.15, -0.1) is 11.3 Å². The van der Waals surface area contributed by atoms with E-state index in [0.29, 0.717) is 5.28 Å². The quantitative estimate of drug-likeness (QED) is 0.489. The van der Waals surface area contributed by atoms with Crippen molar-refractivity contribution < 1.29 is 0 Å². The monoisotopic (exact) mass is 421 g/mol. The van der Waals surface area contributed by atoms with Gasteiger partial charge in [0.25, 0.3) is 0 Å². The van der Waals surface area contributed by atoms with Crippen LogP contribution in [0.4, 0.5) is 5.82 Å². The molecule has 0 unspecified atom stereocenters. The van der Waals surface area contributed by atoms with Gasteiger partial charge >= 0.3 is 0 Å². The van der Waals surface area contributed by atoms with Crippen LogP contribution in [-0.2, 0) is 6.42 Å². The van der Waals surface area contributed by atoms with Crippen molar-refractivity contribution >= 4 is 54.9 Å². The normalized spacial score (nSPS) is 14.7. The van der Waals surface area contributed by atoms with Crippen LogP contribution < -0.4 is 4.90 Å². The molecule has 3 aromatic rings. The molecule has 1 saturated heterocycles. The van der Waals surface area contributed by atoms with Gasteiger partial charge in [-0.25, -0.2) is 4.98 Å². The van der Waals surface area contributed by atoms with E-state index in [2.05, 4.69) is 62.0 Å². The van der Waals surface area contributed by atoms with Gasteiger partial charge in [-0.05, 0) is 48.6 Å². The van der Waals surface area contributed by atoms with Gasteiger partial charge in [-0.2, -0.15) is 4.98 Å². The molecule has 6 heteroatoms. The zero-order valence-electron chi connectivity index (χ0n) is 13.4. The van der Waals surface area contributed by atoms with Gasteiger partial charge in [0.1, 0.15) is 10.6 Å². The summed E-state index contributed by atoms with van der Waals surface area (Å²) in [5.41, 5.74) is 2.48. The van der Waals surface area contributed by atoms with Crippen molar-refractivity contribution in [3.8, 4) is 11.1 Å². The van der Waals surface area contributed by atoms with Crippen LogP contribution in [0.15, 0.2) is 28.7 Å². The fourth-order valence-corrected chi connectivity index (χ4v) is 4.94. The van der Waals surface area contributed by atoms with E-state index in [-0.39, 0.29) is 0 Å². The molecule has 124 valence electrons. The van der Waals surface area contributed by atoms with E-state index in [9.17, 15) is 0 Å². The van der Waals surface area contributed by atoms with Crippen molar-refractivity contribution in [2.75, 3.05) is 18.0 Å². The summed E-state index contributed by atoms with van der Waals surface area (Å²) >= 11 is 11.5. The molecule has 0 spiro atoms. The van der Waals surface area contributed by atoms with Gasteiger partial charge in [0.2, 0.25) is 5.28 Å². The van der Waals surface area contributed by atoms with Crippen LogP contribution in [0, 0.1) is 0 Å². The third-order valence-electron chi connectivity index (χ3n) is 4.44. The summed E-state index contributed by atoms with van der Waals surface area (Å²) in [5.74, 6) is 0.997. The van der Waals surface area contributed by atoms with E-state index in [1.807, 2.05) is 0 Å². The van der Waals surface area contributed by atoms with Gasteiger partial charge in [0.05, 0.1) is 5.39 Å². The van der Waals surface area contributed by atoms with Gasteiger partial charge < -0.3 is 4.90 Å². The fourth-order valence-electron chi connectivity index (χ4n) is 3.33. The van der Waals surface area contributed by atoms with E-state index >= 15 is 0 Å². The van der Waals surface area contributed by atoms with Crippen LogP contribution in [0.1, 0.15) is 24.6 Å². The van der Waals surface area contributed by atoms with Crippen molar-refractivity contribution in [3.63, 3.8) is 0 Å². The summed E-state index contributed by atoms with van der Waals surface area (Å²) in [5, 5.41) is 1.50. The topological polar surface area (TPSA) is 29.0 Å². The zero-order valence-corrected chi connectivity index (χ0v) is 16.5. The Morgan fingerprint density at radius 2 is 1.88 bits per heavy atom. The molecule has 1 aromatic carbocycles. The lowest BCUT2D eigenvalue weighted by Crippen LogP contribution is -2.19. The first-order chi connectivity index (χ1) is 11.7. The molecule has 0 bridgehead atoms. The largest absolute Gasteiger partial charge is 0.356 e. The second-order valence-corrected chi connectivity index (χ2v) is 8.29. The number of aryl methyl sites for hydroxylation is 1. The highest BCUT2D eigenvalue weighted by Gasteiger charge is 2.24. The Labute approximate surface area is 158 Å². The van der Waals surface area contributed by atoms with Crippen LogP contribution in [0.2, 0.25) is 5.28 Å². The first kappa shape index (κ1) is 16.3.